The molecule has 0 aliphatic carbocycles. The van der Waals surface area contributed by atoms with E-state index in [1.165, 1.54) is 9.80 Å². The molecular formula is C43H64N8O14. The first-order chi connectivity index (χ1) is 31.0. The van der Waals surface area contributed by atoms with Gasteiger partial charge in [-0.2, -0.15) is 0 Å². The highest BCUT2D eigenvalue weighted by Crippen LogP contribution is 2.21. The Bertz CT molecular complexity index is 1790. The molecule has 1 aromatic rings. The minimum Gasteiger partial charge on any atom is -0.480 e. The maximum Gasteiger partial charge on any atom is 0.333 e. The number of aryl methyl sites for hydroxylation is 1. The molecule has 1 aliphatic rings. The van der Waals surface area contributed by atoms with Crippen LogP contribution in [-0.2, 0) is 48.0 Å². The Labute approximate surface area is 378 Å². The van der Waals surface area contributed by atoms with Crippen molar-refractivity contribution in [2.24, 2.45) is 0 Å². The number of allylic oxidation sites excluding steroid dienone is 1. The number of benzene rings is 1. The van der Waals surface area contributed by atoms with E-state index in [1.54, 1.807) is 23.1 Å². The molecule has 1 saturated heterocycles. The van der Waals surface area contributed by atoms with Crippen LogP contribution < -0.4 is 16.0 Å². The van der Waals surface area contributed by atoms with Crippen LogP contribution in [0.4, 0.5) is 0 Å². The van der Waals surface area contributed by atoms with Gasteiger partial charge in [0.15, 0.2) is 0 Å². The van der Waals surface area contributed by atoms with Crippen LogP contribution in [0.15, 0.2) is 36.5 Å². The van der Waals surface area contributed by atoms with E-state index in [4.69, 9.17) is 4.84 Å². The maximum atomic E-state index is 13.3. The SMILES string of the molecule is C=C1CCC(=O)N1OC(=O)CCCCC(=O)NCCCCNC(=O)CN(CCN(CC=O)CCN(CC(=O)O)CC(=O)N(CCCCNC(=O)c1cccc(C)c1)CC(=O)O)CC(=O)O. The number of hydroxylamine groups is 2. The summed E-state index contributed by atoms with van der Waals surface area (Å²) >= 11 is 0. The lowest BCUT2D eigenvalue weighted by Crippen LogP contribution is -2.48. The molecule has 1 heterocycles. The summed E-state index contributed by atoms with van der Waals surface area (Å²) in [6.45, 7) is 4.22. The Kier molecular flexibility index (Phi) is 26.0. The first-order valence-corrected chi connectivity index (χ1v) is 21.6. The monoisotopic (exact) mass is 916 g/mol. The molecule has 0 atom stereocenters. The van der Waals surface area contributed by atoms with Gasteiger partial charge in [0.05, 0.1) is 38.4 Å². The topological polar surface area (TPSA) is 293 Å². The molecule has 0 spiro atoms. The Balaban J connectivity index is 1.76. The summed E-state index contributed by atoms with van der Waals surface area (Å²) in [5.74, 6) is -6.13. The van der Waals surface area contributed by atoms with Crippen molar-refractivity contribution in [3.8, 4) is 0 Å². The van der Waals surface area contributed by atoms with Gasteiger partial charge in [-0.25, -0.2) is 4.79 Å². The third kappa shape index (κ3) is 24.4. The average Bonchev–Trinajstić information content (AvgIpc) is 3.55. The number of rotatable bonds is 35. The highest BCUT2D eigenvalue weighted by atomic mass is 16.7. The zero-order chi connectivity index (χ0) is 48.1. The van der Waals surface area contributed by atoms with E-state index in [2.05, 4.69) is 22.5 Å². The third-order valence-corrected chi connectivity index (χ3v) is 9.96. The lowest BCUT2D eigenvalue weighted by molar-refractivity contribution is -0.186. The summed E-state index contributed by atoms with van der Waals surface area (Å²) < 4.78 is 0. The Morgan fingerprint density at radius 3 is 1.85 bits per heavy atom. The maximum absolute atomic E-state index is 13.3. The first kappa shape index (κ1) is 54.9. The zero-order valence-electron chi connectivity index (χ0n) is 37.1. The smallest absolute Gasteiger partial charge is 0.333 e. The quantitative estimate of drug-likeness (QED) is 0.0382. The van der Waals surface area contributed by atoms with E-state index in [1.807, 2.05) is 13.0 Å². The van der Waals surface area contributed by atoms with Crippen LogP contribution in [0.3, 0.4) is 0 Å². The molecule has 0 bridgehead atoms. The number of nitrogens with one attached hydrogen (secondary N) is 3. The summed E-state index contributed by atoms with van der Waals surface area (Å²) in [5, 5.41) is 37.7. The molecule has 22 nitrogen and oxygen atoms in total. The number of hydrogen-bond donors (Lipinski definition) is 6. The second kappa shape index (κ2) is 30.8. The standard InChI is InChI=1S/C43H64N8O14/c1-32-10-9-11-34(26-32)43(64)46-18-7-8-19-50(31-41(61)62)38(56)28-49(30-40(59)60)23-21-47(24-25-52)20-22-48(29-39(57)58)27-36(54)45-17-6-5-16-44-35(53)12-3-4-13-42(63)65-51-33(2)14-15-37(51)55/h9-11,25-26H,2-8,12-24,27-31H2,1H3,(H,44,53)(H,45,54)(H,46,64)(H,57,58)(H,59,60)(H,61,62). The lowest BCUT2D eigenvalue weighted by Gasteiger charge is -2.29. The summed E-state index contributed by atoms with van der Waals surface area (Å²) in [7, 11) is 0. The van der Waals surface area contributed by atoms with Crippen LogP contribution in [-0.4, -0.2) is 191 Å². The molecular weight excluding hydrogens is 853 g/mol. The summed E-state index contributed by atoms with van der Waals surface area (Å²) in [5.41, 5.74) is 1.86. The minimum absolute atomic E-state index is 0.0197. The average molecular weight is 917 g/mol. The van der Waals surface area contributed by atoms with Gasteiger partial charge in [0, 0.05) is 77.2 Å². The van der Waals surface area contributed by atoms with E-state index < -0.39 is 61.9 Å². The number of amides is 5. The number of aliphatic carboxylic acids is 3. The third-order valence-electron chi connectivity index (χ3n) is 9.96. The summed E-state index contributed by atoms with van der Waals surface area (Å²) in [6, 6.07) is 7.06. The van der Waals surface area contributed by atoms with E-state index >= 15 is 0 Å². The van der Waals surface area contributed by atoms with Crippen LogP contribution >= 0.6 is 0 Å². The molecule has 0 saturated carbocycles. The highest BCUT2D eigenvalue weighted by Gasteiger charge is 2.28. The Morgan fingerprint density at radius 1 is 0.692 bits per heavy atom. The van der Waals surface area contributed by atoms with E-state index in [0.29, 0.717) is 69.0 Å². The highest BCUT2D eigenvalue weighted by molar-refractivity contribution is 5.94. The van der Waals surface area contributed by atoms with Crippen molar-refractivity contribution in [2.45, 2.75) is 71.1 Å². The van der Waals surface area contributed by atoms with E-state index in [0.717, 1.165) is 15.5 Å². The molecule has 1 aliphatic heterocycles. The minimum atomic E-state index is -1.26. The Morgan fingerprint density at radius 2 is 1.26 bits per heavy atom. The molecule has 360 valence electrons. The van der Waals surface area contributed by atoms with E-state index in [-0.39, 0.29) is 95.9 Å². The van der Waals surface area contributed by atoms with Crippen LogP contribution in [0.25, 0.3) is 0 Å². The van der Waals surface area contributed by atoms with E-state index in [9.17, 15) is 63.3 Å². The molecule has 65 heavy (non-hydrogen) atoms. The molecule has 0 aromatic heterocycles. The van der Waals surface area contributed by atoms with Crippen molar-refractivity contribution in [1.82, 2.24) is 40.6 Å². The number of aldehydes is 1. The number of carboxylic acids is 3. The van der Waals surface area contributed by atoms with Gasteiger partial charge in [-0.1, -0.05) is 24.3 Å². The van der Waals surface area contributed by atoms with Gasteiger partial charge >= 0.3 is 23.9 Å². The first-order valence-electron chi connectivity index (χ1n) is 21.6. The van der Waals surface area contributed by atoms with Crippen molar-refractivity contribution in [3.05, 3.63) is 47.7 Å². The van der Waals surface area contributed by atoms with Gasteiger partial charge in [-0.3, -0.25) is 53.1 Å². The van der Waals surface area contributed by atoms with Crippen molar-refractivity contribution in [1.29, 1.82) is 0 Å². The summed E-state index contributed by atoms with van der Waals surface area (Å²) in [4.78, 5) is 131. The van der Waals surface area contributed by atoms with Gasteiger partial charge in [0.2, 0.25) is 17.7 Å². The number of carboxylic acid groups (broad SMARTS) is 3. The largest absolute Gasteiger partial charge is 0.480 e. The van der Waals surface area contributed by atoms with Crippen molar-refractivity contribution < 1.29 is 68.1 Å². The normalized spacial score (nSPS) is 12.3. The van der Waals surface area contributed by atoms with Gasteiger partial charge in [0.25, 0.3) is 11.8 Å². The fourth-order valence-corrected chi connectivity index (χ4v) is 6.54. The van der Waals surface area contributed by atoms with Crippen molar-refractivity contribution >= 4 is 59.7 Å². The lowest BCUT2D eigenvalue weighted by atomic mass is 10.1. The molecule has 2 rings (SSSR count). The molecule has 1 fully saturated rings. The van der Waals surface area contributed by atoms with Crippen molar-refractivity contribution in [2.75, 3.05) is 91.6 Å². The summed E-state index contributed by atoms with van der Waals surface area (Å²) in [6.07, 6.45) is 4.23. The molecule has 0 radical (unpaired) electrons. The number of carbonyl (C=O) groups excluding carboxylic acids is 7. The predicted molar refractivity (Wildman–Crippen MR) is 233 cm³/mol. The number of hydrogen-bond acceptors (Lipinski definition) is 14. The van der Waals surface area contributed by atoms with Gasteiger partial charge in [0.1, 0.15) is 12.8 Å². The zero-order valence-corrected chi connectivity index (χ0v) is 37.1. The van der Waals surface area contributed by atoms with Gasteiger partial charge < -0.3 is 45.8 Å². The van der Waals surface area contributed by atoms with Gasteiger partial charge in [-0.15, -0.1) is 5.06 Å². The number of unbranched alkanes of at least 4 members (excludes halogenated alkanes) is 3. The molecule has 22 heteroatoms. The van der Waals surface area contributed by atoms with Crippen LogP contribution in [0.5, 0.6) is 0 Å². The van der Waals surface area contributed by atoms with Crippen molar-refractivity contribution in [3.63, 3.8) is 0 Å². The van der Waals surface area contributed by atoms with Crippen LogP contribution in [0.1, 0.15) is 80.1 Å². The number of carbonyl (C=O) groups is 10. The van der Waals surface area contributed by atoms with Gasteiger partial charge in [-0.05, 0) is 64.0 Å². The fraction of sp³-hybridized carbons (Fsp3) is 0.581. The molecule has 1 aromatic carbocycles. The molecule has 0 unspecified atom stereocenters. The second-order valence-electron chi connectivity index (χ2n) is 15.5. The molecule has 5 amide bonds. The fourth-order valence-electron chi connectivity index (χ4n) is 6.54. The van der Waals surface area contributed by atoms with Crippen LogP contribution in [0, 0.1) is 6.92 Å². The van der Waals surface area contributed by atoms with Crippen LogP contribution in [0.2, 0.25) is 0 Å². The molecule has 6 N–H and O–H groups in total. The number of nitrogens with zero attached hydrogens (tertiary/aromatic N) is 5. The Hall–Kier alpha value is -6.26. The predicted octanol–water partition coefficient (Wildman–Crippen LogP) is -0.140. The second-order valence-corrected chi connectivity index (χ2v) is 15.5.